The number of nitrogens with zero attached hydrogens (tertiary/aromatic N) is 1. The van der Waals surface area contributed by atoms with Gasteiger partial charge in [-0.05, 0) is 44.9 Å². The summed E-state index contributed by atoms with van der Waals surface area (Å²) in [5.74, 6) is 2.42. The van der Waals surface area contributed by atoms with Gasteiger partial charge in [-0.25, -0.2) is 4.98 Å². The highest BCUT2D eigenvalue weighted by atomic mass is 32.2. The molecule has 1 aliphatic heterocycles. The maximum atomic E-state index is 12.7. The van der Waals surface area contributed by atoms with Gasteiger partial charge in [0.15, 0.2) is 17.9 Å². The van der Waals surface area contributed by atoms with E-state index in [0.717, 1.165) is 30.7 Å². The molecular weight excluding hydrogens is 260 g/mol. The second-order valence-electron chi connectivity index (χ2n) is 5.39. The molecule has 1 aromatic heterocycles. The maximum Gasteiger partial charge on any atom is 0.181 e. The Balaban J connectivity index is 1.77. The summed E-state index contributed by atoms with van der Waals surface area (Å²) in [6.45, 7) is 0. The SMILES string of the molecule is CNC1C(=O)C(CC2CCCS2)CCc2ncoc21. The molecule has 1 fully saturated rings. The molecule has 5 heteroatoms. The van der Waals surface area contributed by atoms with Gasteiger partial charge in [0.1, 0.15) is 6.04 Å². The van der Waals surface area contributed by atoms with Crippen molar-refractivity contribution in [1.82, 2.24) is 10.3 Å². The van der Waals surface area contributed by atoms with Gasteiger partial charge in [-0.3, -0.25) is 4.79 Å². The van der Waals surface area contributed by atoms with Crippen LogP contribution in [0, 0.1) is 5.92 Å². The van der Waals surface area contributed by atoms with Crippen LogP contribution in [0.5, 0.6) is 0 Å². The Kier molecular flexibility index (Phi) is 3.93. The Labute approximate surface area is 117 Å². The van der Waals surface area contributed by atoms with E-state index >= 15 is 0 Å². The fourth-order valence-corrected chi connectivity index (χ4v) is 4.54. The third-order valence-electron chi connectivity index (χ3n) is 4.21. The van der Waals surface area contributed by atoms with E-state index in [-0.39, 0.29) is 17.7 Å². The standard InChI is InChI=1S/C14H20N2O2S/c1-15-12-13(17)9(7-10-3-2-6-19-10)4-5-11-14(12)18-8-16-11/h8-10,12,15H,2-7H2,1H3. The van der Waals surface area contributed by atoms with Gasteiger partial charge in [-0.2, -0.15) is 11.8 Å². The Hall–Kier alpha value is -0.810. The van der Waals surface area contributed by atoms with E-state index in [2.05, 4.69) is 10.3 Å². The van der Waals surface area contributed by atoms with Gasteiger partial charge in [0.2, 0.25) is 0 Å². The van der Waals surface area contributed by atoms with Gasteiger partial charge in [0.25, 0.3) is 0 Å². The molecule has 1 aliphatic carbocycles. The Morgan fingerprint density at radius 2 is 2.42 bits per heavy atom. The van der Waals surface area contributed by atoms with Crippen LogP contribution in [0.15, 0.2) is 10.8 Å². The number of hydrogen-bond donors (Lipinski definition) is 1. The largest absolute Gasteiger partial charge is 0.446 e. The zero-order valence-corrected chi connectivity index (χ0v) is 12.0. The van der Waals surface area contributed by atoms with Crippen molar-refractivity contribution in [3.05, 3.63) is 17.8 Å². The van der Waals surface area contributed by atoms with Crippen LogP contribution in [0.3, 0.4) is 0 Å². The molecule has 2 aliphatic rings. The van der Waals surface area contributed by atoms with Crippen molar-refractivity contribution in [2.24, 2.45) is 5.92 Å². The zero-order chi connectivity index (χ0) is 13.2. The van der Waals surface area contributed by atoms with Crippen LogP contribution >= 0.6 is 11.8 Å². The first-order chi connectivity index (χ1) is 9.29. The number of carbonyl (C=O) groups excluding carboxylic acids is 1. The number of aryl methyl sites for hydroxylation is 1. The van der Waals surface area contributed by atoms with E-state index < -0.39 is 0 Å². The highest BCUT2D eigenvalue weighted by molar-refractivity contribution is 8.00. The topological polar surface area (TPSA) is 55.1 Å². The predicted molar refractivity (Wildman–Crippen MR) is 75.2 cm³/mol. The van der Waals surface area contributed by atoms with Gasteiger partial charge in [0.05, 0.1) is 5.69 Å². The highest BCUT2D eigenvalue weighted by Gasteiger charge is 2.36. The molecule has 1 N–H and O–H groups in total. The summed E-state index contributed by atoms with van der Waals surface area (Å²) in [4.78, 5) is 16.9. The van der Waals surface area contributed by atoms with Crippen molar-refractivity contribution in [3.63, 3.8) is 0 Å². The van der Waals surface area contributed by atoms with Crippen LogP contribution in [0.2, 0.25) is 0 Å². The molecule has 0 amide bonds. The lowest BCUT2D eigenvalue weighted by Crippen LogP contribution is -2.30. The summed E-state index contributed by atoms with van der Waals surface area (Å²) >= 11 is 2.03. The molecule has 0 spiro atoms. The molecule has 3 atom stereocenters. The number of likely N-dealkylation sites (N-methyl/N-ethyl adjacent to an activating group) is 1. The van der Waals surface area contributed by atoms with Crippen LogP contribution in [0.1, 0.15) is 43.2 Å². The third-order valence-corrected chi connectivity index (χ3v) is 5.64. The van der Waals surface area contributed by atoms with E-state index in [1.54, 1.807) is 0 Å². The number of ketones is 1. The number of thioether (sulfide) groups is 1. The van der Waals surface area contributed by atoms with Crippen molar-refractivity contribution in [2.45, 2.75) is 43.4 Å². The molecule has 0 radical (unpaired) electrons. The Morgan fingerprint density at radius 1 is 1.53 bits per heavy atom. The fraction of sp³-hybridized carbons (Fsp3) is 0.714. The number of carbonyl (C=O) groups is 1. The number of aromatic nitrogens is 1. The van der Waals surface area contributed by atoms with Crippen molar-refractivity contribution in [2.75, 3.05) is 12.8 Å². The third kappa shape index (κ3) is 2.58. The summed E-state index contributed by atoms with van der Waals surface area (Å²) in [6, 6.07) is -0.309. The molecule has 4 nitrogen and oxygen atoms in total. The molecule has 3 rings (SSSR count). The second kappa shape index (κ2) is 5.67. The van der Waals surface area contributed by atoms with E-state index in [1.165, 1.54) is 25.0 Å². The number of hydrogen-bond acceptors (Lipinski definition) is 5. The van der Waals surface area contributed by atoms with Crippen LogP contribution in [0.4, 0.5) is 0 Å². The minimum atomic E-state index is -0.309. The zero-order valence-electron chi connectivity index (χ0n) is 11.2. The molecule has 104 valence electrons. The van der Waals surface area contributed by atoms with E-state index in [4.69, 9.17) is 4.42 Å². The number of Topliss-reactive ketones (excluding diaryl/α,β-unsaturated/α-hetero) is 1. The normalized spacial score (nSPS) is 31.2. The van der Waals surface area contributed by atoms with Crippen molar-refractivity contribution >= 4 is 17.5 Å². The van der Waals surface area contributed by atoms with Crippen LogP contribution in [0.25, 0.3) is 0 Å². The smallest absolute Gasteiger partial charge is 0.181 e. The summed E-state index contributed by atoms with van der Waals surface area (Å²) in [6.07, 6.45) is 6.81. The van der Waals surface area contributed by atoms with Gasteiger partial charge in [-0.1, -0.05) is 0 Å². The first-order valence-electron chi connectivity index (χ1n) is 7.04. The van der Waals surface area contributed by atoms with Crippen molar-refractivity contribution in [3.8, 4) is 0 Å². The minimum absolute atomic E-state index is 0.150. The van der Waals surface area contributed by atoms with Crippen LogP contribution in [-0.4, -0.2) is 28.8 Å². The van der Waals surface area contributed by atoms with Crippen LogP contribution in [-0.2, 0) is 11.2 Å². The molecule has 1 aromatic rings. The molecule has 19 heavy (non-hydrogen) atoms. The number of fused-ring (bicyclic) bond motifs is 1. The van der Waals surface area contributed by atoms with Crippen molar-refractivity contribution < 1.29 is 9.21 Å². The second-order valence-corrected chi connectivity index (χ2v) is 6.80. The summed E-state index contributed by atoms with van der Waals surface area (Å²) in [7, 11) is 1.82. The first kappa shape index (κ1) is 13.2. The quantitative estimate of drug-likeness (QED) is 0.861. The molecule has 3 unspecified atom stereocenters. The average molecular weight is 280 g/mol. The number of oxazole rings is 1. The van der Waals surface area contributed by atoms with Crippen molar-refractivity contribution in [1.29, 1.82) is 0 Å². The summed E-state index contributed by atoms with van der Waals surface area (Å²) in [5, 5.41) is 3.77. The monoisotopic (exact) mass is 280 g/mol. The Morgan fingerprint density at radius 3 is 3.16 bits per heavy atom. The predicted octanol–water partition coefficient (Wildman–Crippen LogP) is 2.35. The van der Waals surface area contributed by atoms with E-state index in [9.17, 15) is 4.79 Å². The summed E-state index contributed by atoms with van der Waals surface area (Å²) in [5.41, 5.74) is 0.953. The van der Waals surface area contributed by atoms with Gasteiger partial charge >= 0.3 is 0 Å². The van der Waals surface area contributed by atoms with E-state index in [0.29, 0.717) is 5.25 Å². The van der Waals surface area contributed by atoms with Gasteiger partial charge < -0.3 is 9.73 Å². The molecule has 2 heterocycles. The van der Waals surface area contributed by atoms with Gasteiger partial charge in [0, 0.05) is 11.2 Å². The Bertz CT molecular complexity index is 454. The highest BCUT2D eigenvalue weighted by Crippen LogP contribution is 2.36. The lowest BCUT2D eigenvalue weighted by molar-refractivity contribution is -0.125. The molecular formula is C14H20N2O2S. The summed E-state index contributed by atoms with van der Waals surface area (Å²) < 4.78 is 5.43. The lowest BCUT2D eigenvalue weighted by Gasteiger charge is -2.20. The minimum Gasteiger partial charge on any atom is -0.446 e. The maximum absolute atomic E-state index is 12.7. The number of rotatable bonds is 3. The lowest BCUT2D eigenvalue weighted by atomic mass is 9.90. The molecule has 0 saturated carbocycles. The van der Waals surface area contributed by atoms with Gasteiger partial charge in [-0.15, -0.1) is 0 Å². The number of nitrogens with one attached hydrogen (secondary N) is 1. The van der Waals surface area contributed by atoms with Crippen LogP contribution < -0.4 is 5.32 Å². The molecule has 0 aromatic carbocycles. The fourth-order valence-electron chi connectivity index (χ4n) is 3.17. The van der Waals surface area contributed by atoms with E-state index in [1.807, 2.05) is 18.8 Å². The molecule has 1 saturated heterocycles. The molecule has 0 bridgehead atoms. The first-order valence-corrected chi connectivity index (χ1v) is 8.09. The average Bonchev–Trinajstić information content (AvgIpc) is 3.04.